The van der Waals surface area contributed by atoms with Gasteiger partial charge >= 0.3 is 0 Å². The van der Waals surface area contributed by atoms with E-state index in [9.17, 15) is 0 Å². The summed E-state index contributed by atoms with van der Waals surface area (Å²) in [4.78, 5) is 0. The van der Waals surface area contributed by atoms with Crippen LogP contribution in [-0.2, 0) is 0 Å². The summed E-state index contributed by atoms with van der Waals surface area (Å²) < 4.78 is 0. The second-order valence-electron chi connectivity index (χ2n) is 0.402. The van der Waals surface area contributed by atoms with Crippen molar-refractivity contribution in [1.82, 2.24) is 0 Å². The summed E-state index contributed by atoms with van der Waals surface area (Å²) in [5, 5.41) is 0. The lowest BCUT2D eigenvalue weighted by atomic mass is 12.0. The highest BCUT2D eigenvalue weighted by molar-refractivity contribution is 9.41. The first-order valence-corrected chi connectivity index (χ1v) is 5.50. The minimum atomic E-state index is -0.336. The zero-order valence-electron chi connectivity index (χ0n) is 2.20. The van der Waals surface area contributed by atoms with Gasteiger partial charge in [-0.1, -0.05) is 11.2 Å². The fourth-order valence-corrected chi connectivity index (χ4v) is 0. The van der Waals surface area contributed by atoms with Gasteiger partial charge in [0.2, 0.25) is 0 Å². The van der Waals surface area contributed by atoms with Crippen LogP contribution in [-0.4, -0.2) is 6.66 Å². The summed E-state index contributed by atoms with van der Waals surface area (Å²) >= 11 is 8.36. The molecule has 0 aromatic heterocycles. The molecule has 0 fully saturated rings. The zero-order chi connectivity index (χ0) is 3.58. The van der Waals surface area contributed by atoms with Crippen LogP contribution in [0.5, 0.6) is 0 Å². The molecule has 0 spiro atoms. The lowest BCUT2D eigenvalue weighted by molar-refractivity contribution is 2.50. The Bertz CT molecular complexity index is 12.8. The molecule has 0 aromatic rings. The molecule has 0 heterocycles. The Morgan fingerprint density at radius 1 is 2.00 bits per heavy atom. The zero-order valence-corrected chi connectivity index (χ0v) is 5.44. The van der Waals surface area contributed by atoms with Crippen LogP contribution < -0.4 is 0 Å². The number of rotatable bonds is 0. The molecule has 0 N–H and O–H groups in total. The van der Waals surface area contributed by atoms with Crippen LogP contribution in [0.15, 0.2) is 0 Å². The van der Waals surface area contributed by atoms with Gasteiger partial charge in [-0.15, -0.1) is 0 Å². The third-order valence-electron chi connectivity index (χ3n) is 0. The molecule has 0 aromatic carbocycles. The predicted octanol–water partition coefficient (Wildman–Crippen LogP) is 2.56. The molecule has 4 heavy (non-hydrogen) atoms. The van der Waals surface area contributed by atoms with Crippen molar-refractivity contribution in [3.63, 3.8) is 0 Å². The van der Waals surface area contributed by atoms with Gasteiger partial charge in [0, 0.05) is 0 Å². The standard InChI is InChI=1S/CH3BrClP/c1-4(2)3/h1H3. The van der Waals surface area contributed by atoms with Gasteiger partial charge in [0.25, 0.3) is 0 Å². The highest BCUT2D eigenvalue weighted by Crippen LogP contribution is 2.44. The van der Waals surface area contributed by atoms with Crippen molar-refractivity contribution >= 4 is 32.7 Å². The van der Waals surface area contributed by atoms with E-state index in [4.69, 9.17) is 11.2 Å². The van der Waals surface area contributed by atoms with Crippen LogP contribution in [0.4, 0.5) is 0 Å². The average molecular weight is 161 g/mol. The summed E-state index contributed by atoms with van der Waals surface area (Å²) in [5.74, 6) is -0.336. The van der Waals surface area contributed by atoms with E-state index in [2.05, 4.69) is 15.5 Å². The van der Waals surface area contributed by atoms with Crippen molar-refractivity contribution in [3.8, 4) is 0 Å². The molecule has 1 unspecified atom stereocenters. The summed E-state index contributed by atoms with van der Waals surface area (Å²) in [6.07, 6.45) is 0. The van der Waals surface area contributed by atoms with Gasteiger partial charge in [0.05, 0.1) is 5.98 Å². The Labute approximate surface area is 39.8 Å². The minimum absolute atomic E-state index is 0.336. The number of halogens is 2. The fraction of sp³-hybridized carbons (Fsp3) is 1.00. The first kappa shape index (κ1) is 5.20. The molecule has 0 aliphatic carbocycles. The Morgan fingerprint density at radius 3 is 2.00 bits per heavy atom. The van der Waals surface area contributed by atoms with E-state index in [0.717, 1.165) is 0 Å². The van der Waals surface area contributed by atoms with Crippen LogP contribution in [0.25, 0.3) is 0 Å². The Balaban J connectivity index is 2.32. The highest BCUT2D eigenvalue weighted by Gasteiger charge is 1.74. The molecular formula is CH3BrClP. The van der Waals surface area contributed by atoms with Crippen molar-refractivity contribution < 1.29 is 0 Å². The topological polar surface area (TPSA) is 0 Å². The van der Waals surface area contributed by atoms with Gasteiger partial charge in [0.15, 0.2) is 0 Å². The minimum Gasteiger partial charge on any atom is -0.0838 e. The van der Waals surface area contributed by atoms with Crippen molar-refractivity contribution in [1.29, 1.82) is 0 Å². The van der Waals surface area contributed by atoms with Crippen LogP contribution in [0.1, 0.15) is 0 Å². The van der Waals surface area contributed by atoms with Crippen LogP contribution in [0, 0.1) is 0 Å². The number of hydrogen-bond acceptors (Lipinski definition) is 0. The Kier molecular flexibility index (Phi) is 3.17. The summed E-state index contributed by atoms with van der Waals surface area (Å²) in [7, 11) is 0. The fourth-order valence-electron chi connectivity index (χ4n) is 0. The van der Waals surface area contributed by atoms with E-state index >= 15 is 0 Å². The smallest absolute Gasteiger partial charge is 0.0568 e. The van der Waals surface area contributed by atoms with E-state index in [1.54, 1.807) is 0 Å². The van der Waals surface area contributed by atoms with E-state index < -0.39 is 0 Å². The first-order chi connectivity index (χ1) is 1.73. The maximum Gasteiger partial charge on any atom is 0.0568 e. The number of hydrogen-bond donors (Lipinski definition) is 0. The quantitative estimate of drug-likeness (QED) is 0.479. The van der Waals surface area contributed by atoms with Crippen molar-refractivity contribution in [2.24, 2.45) is 0 Å². The molecular weight excluding hydrogens is 158 g/mol. The molecule has 0 saturated carbocycles. The monoisotopic (exact) mass is 160 g/mol. The normalized spacial score (nSPS) is 15.8. The largest absolute Gasteiger partial charge is 0.0838 e. The third kappa shape index (κ3) is 10.8. The maximum atomic E-state index is 5.26. The second-order valence-corrected chi connectivity index (χ2v) is 7.14. The van der Waals surface area contributed by atoms with Gasteiger partial charge < -0.3 is 0 Å². The maximum absolute atomic E-state index is 5.26. The molecule has 26 valence electrons. The molecule has 0 aliphatic rings. The SMILES string of the molecule is CP(Cl)Br. The van der Waals surface area contributed by atoms with Crippen molar-refractivity contribution in [2.75, 3.05) is 6.66 Å². The predicted molar refractivity (Wildman–Crippen MR) is 27.6 cm³/mol. The van der Waals surface area contributed by atoms with E-state index in [0.29, 0.717) is 0 Å². The molecule has 0 amide bonds. The molecule has 1 atom stereocenters. The molecule has 0 aliphatic heterocycles. The van der Waals surface area contributed by atoms with Crippen LogP contribution in [0.3, 0.4) is 0 Å². The molecule has 0 nitrogen and oxygen atoms in total. The van der Waals surface area contributed by atoms with Crippen molar-refractivity contribution in [3.05, 3.63) is 0 Å². The molecule has 0 bridgehead atoms. The molecule has 3 heteroatoms. The van der Waals surface area contributed by atoms with Crippen LogP contribution in [0.2, 0.25) is 0 Å². The summed E-state index contributed by atoms with van der Waals surface area (Å²) in [6.45, 7) is 1.91. The van der Waals surface area contributed by atoms with Gasteiger partial charge in [-0.2, -0.15) is 0 Å². The average Bonchev–Trinajstić information content (AvgIpc) is 0.811. The Hall–Kier alpha value is 1.20. The lowest BCUT2D eigenvalue weighted by Gasteiger charge is -1.73. The second kappa shape index (κ2) is 2.44. The van der Waals surface area contributed by atoms with Crippen molar-refractivity contribution in [2.45, 2.75) is 0 Å². The Morgan fingerprint density at radius 2 is 2.00 bits per heavy atom. The van der Waals surface area contributed by atoms with E-state index in [1.165, 1.54) is 0 Å². The van der Waals surface area contributed by atoms with Crippen LogP contribution >= 0.6 is 32.7 Å². The highest BCUT2D eigenvalue weighted by atomic mass is 79.9. The summed E-state index contributed by atoms with van der Waals surface area (Å²) in [6, 6.07) is 0. The molecule has 0 saturated heterocycles. The van der Waals surface area contributed by atoms with Gasteiger partial charge in [-0.05, 0) is 22.2 Å². The molecule has 0 rings (SSSR count). The van der Waals surface area contributed by atoms with Gasteiger partial charge in [-0.25, -0.2) is 0 Å². The van der Waals surface area contributed by atoms with E-state index in [-0.39, 0.29) is 5.98 Å². The van der Waals surface area contributed by atoms with E-state index in [1.807, 2.05) is 6.66 Å². The van der Waals surface area contributed by atoms with Gasteiger partial charge in [0.1, 0.15) is 0 Å². The third-order valence-corrected chi connectivity index (χ3v) is 0. The first-order valence-electron chi connectivity index (χ1n) is 0.785. The van der Waals surface area contributed by atoms with Gasteiger partial charge in [-0.3, -0.25) is 0 Å². The lowest BCUT2D eigenvalue weighted by Crippen LogP contribution is -1.18. The molecule has 0 radical (unpaired) electrons. The summed E-state index contributed by atoms with van der Waals surface area (Å²) in [5.41, 5.74) is 0.